The molecule has 2 rings (SSSR count). The zero-order chi connectivity index (χ0) is 9.42. The molecule has 2 heterocycles. The quantitative estimate of drug-likeness (QED) is 0.698. The van der Waals surface area contributed by atoms with Crippen molar-refractivity contribution in [1.82, 2.24) is 9.97 Å². The Kier molecular flexibility index (Phi) is 1.62. The van der Waals surface area contributed by atoms with Gasteiger partial charge in [0.15, 0.2) is 5.95 Å². The molecule has 4 nitrogen and oxygen atoms in total. The van der Waals surface area contributed by atoms with Crippen LogP contribution in [0.3, 0.4) is 0 Å². The summed E-state index contributed by atoms with van der Waals surface area (Å²) in [5, 5.41) is 0. The van der Waals surface area contributed by atoms with Crippen LogP contribution in [0.2, 0.25) is 0 Å². The van der Waals surface area contributed by atoms with Gasteiger partial charge in [0.1, 0.15) is 11.5 Å². The lowest BCUT2D eigenvalue weighted by atomic mass is 10.2. The van der Waals surface area contributed by atoms with Crippen molar-refractivity contribution in [3.05, 3.63) is 23.8 Å². The third kappa shape index (κ3) is 1.30. The van der Waals surface area contributed by atoms with E-state index in [0.717, 1.165) is 22.8 Å². The van der Waals surface area contributed by atoms with Gasteiger partial charge in [-0.2, -0.15) is 0 Å². The molecular weight excluding hydrogens is 166 g/mol. The largest absolute Gasteiger partial charge is 0.466 e. The first-order chi connectivity index (χ1) is 6.16. The number of nitrogens with zero attached hydrogens (tertiary/aromatic N) is 1. The van der Waals surface area contributed by atoms with E-state index in [1.165, 1.54) is 0 Å². The number of H-pyrrole nitrogens is 1. The van der Waals surface area contributed by atoms with Gasteiger partial charge in [0.2, 0.25) is 0 Å². The summed E-state index contributed by atoms with van der Waals surface area (Å²) in [7, 11) is 0. The molecule has 0 spiro atoms. The summed E-state index contributed by atoms with van der Waals surface area (Å²) in [6.45, 7) is 3.83. The van der Waals surface area contributed by atoms with Crippen molar-refractivity contribution < 1.29 is 4.42 Å². The Morgan fingerprint density at radius 3 is 2.69 bits per heavy atom. The van der Waals surface area contributed by atoms with Gasteiger partial charge in [-0.25, -0.2) is 4.98 Å². The predicted octanol–water partition coefficient (Wildman–Crippen LogP) is 1.87. The van der Waals surface area contributed by atoms with Crippen LogP contribution in [0.4, 0.5) is 5.95 Å². The molecule has 0 saturated heterocycles. The SMILES string of the molecule is Cc1cc(-c2cnc(N)[nH]2)c(C)o1. The average molecular weight is 177 g/mol. The second-order valence-electron chi connectivity index (χ2n) is 3.01. The number of aromatic amines is 1. The molecular formula is C9H11N3O. The van der Waals surface area contributed by atoms with E-state index in [9.17, 15) is 0 Å². The van der Waals surface area contributed by atoms with E-state index in [2.05, 4.69) is 9.97 Å². The summed E-state index contributed by atoms with van der Waals surface area (Å²) in [6, 6.07) is 1.96. The summed E-state index contributed by atoms with van der Waals surface area (Å²) in [5.41, 5.74) is 7.39. The highest BCUT2D eigenvalue weighted by Gasteiger charge is 2.08. The van der Waals surface area contributed by atoms with Crippen LogP contribution in [-0.2, 0) is 0 Å². The number of aryl methyl sites for hydroxylation is 2. The molecule has 13 heavy (non-hydrogen) atoms. The van der Waals surface area contributed by atoms with E-state index in [4.69, 9.17) is 10.2 Å². The Morgan fingerprint density at radius 2 is 2.23 bits per heavy atom. The molecule has 0 bridgehead atoms. The van der Waals surface area contributed by atoms with Crippen molar-refractivity contribution in [2.24, 2.45) is 0 Å². The highest BCUT2D eigenvalue weighted by atomic mass is 16.3. The highest BCUT2D eigenvalue weighted by molar-refractivity contribution is 5.62. The van der Waals surface area contributed by atoms with Crippen LogP contribution >= 0.6 is 0 Å². The van der Waals surface area contributed by atoms with Crippen molar-refractivity contribution >= 4 is 5.95 Å². The summed E-state index contributed by atoms with van der Waals surface area (Å²) < 4.78 is 5.39. The zero-order valence-electron chi connectivity index (χ0n) is 7.59. The molecule has 0 aromatic carbocycles. The predicted molar refractivity (Wildman–Crippen MR) is 50.2 cm³/mol. The normalized spacial score (nSPS) is 10.6. The van der Waals surface area contributed by atoms with Crippen LogP contribution in [0.15, 0.2) is 16.7 Å². The average Bonchev–Trinajstić information content (AvgIpc) is 2.58. The molecule has 0 unspecified atom stereocenters. The Bertz CT molecular complexity index is 428. The topological polar surface area (TPSA) is 67.8 Å². The molecule has 0 aliphatic rings. The Balaban J connectivity index is 2.51. The molecule has 0 saturated carbocycles. The summed E-state index contributed by atoms with van der Waals surface area (Å²) in [4.78, 5) is 6.88. The van der Waals surface area contributed by atoms with E-state index in [0.29, 0.717) is 5.95 Å². The van der Waals surface area contributed by atoms with Crippen molar-refractivity contribution in [2.75, 3.05) is 5.73 Å². The van der Waals surface area contributed by atoms with Crippen LogP contribution in [0.1, 0.15) is 11.5 Å². The van der Waals surface area contributed by atoms with Crippen molar-refractivity contribution in [2.45, 2.75) is 13.8 Å². The monoisotopic (exact) mass is 177 g/mol. The van der Waals surface area contributed by atoms with E-state index < -0.39 is 0 Å². The van der Waals surface area contributed by atoms with Crippen LogP contribution in [-0.4, -0.2) is 9.97 Å². The minimum atomic E-state index is 0.424. The Morgan fingerprint density at radius 1 is 1.46 bits per heavy atom. The van der Waals surface area contributed by atoms with E-state index in [-0.39, 0.29) is 0 Å². The minimum Gasteiger partial charge on any atom is -0.466 e. The smallest absolute Gasteiger partial charge is 0.197 e. The number of anilines is 1. The van der Waals surface area contributed by atoms with E-state index in [1.807, 2.05) is 19.9 Å². The van der Waals surface area contributed by atoms with E-state index in [1.54, 1.807) is 6.20 Å². The lowest BCUT2D eigenvalue weighted by molar-refractivity contribution is 0.505. The number of furan rings is 1. The first kappa shape index (κ1) is 7.91. The van der Waals surface area contributed by atoms with Gasteiger partial charge in [-0.05, 0) is 19.9 Å². The lowest BCUT2D eigenvalue weighted by Gasteiger charge is -1.91. The van der Waals surface area contributed by atoms with Gasteiger partial charge in [0, 0.05) is 5.56 Å². The van der Waals surface area contributed by atoms with E-state index >= 15 is 0 Å². The maximum Gasteiger partial charge on any atom is 0.197 e. The van der Waals surface area contributed by atoms with Gasteiger partial charge in [0.05, 0.1) is 11.9 Å². The molecule has 0 atom stereocenters. The number of rotatable bonds is 1. The van der Waals surface area contributed by atoms with Crippen LogP contribution in [0.25, 0.3) is 11.3 Å². The summed E-state index contributed by atoms with van der Waals surface area (Å²) in [5.74, 6) is 2.19. The van der Waals surface area contributed by atoms with Gasteiger partial charge < -0.3 is 15.1 Å². The van der Waals surface area contributed by atoms with Crippen molar-refractivity contribution in [1.29, 1.82) is 0 Å². The molecule has 2 aromatic rings. The number of nitrogens with one attached hydrogen (secondary N) is 1. The molecule has 3 N–H and O–H groups in total. The van der Waals surface area contributed by atoms with Gasteiger partial charge in [-0.15, -0.1) is 0 Å². The fraction of sp³-hybridized carbons (Fsp3) is 0.222. The standard InChI is InChI=1S/C9H11N3O/c1-5-3-7(6(2)13-5)8-4-11-9(10)12-8/h3-4H,1-2H3,(H3,10,11,12). The van der Waals surface area contributed by atoms with Crippen LogP contribution < -0.4 is 5.73 Å². The second kappa shape index (κ2) is 2.65. The number of nitrogens with two attached hydrogens (primary N) is 1. The number of aromatic nitrogens is 2. The number of imidazole rings is 1. The fourth-order valence-corrected chi connectivity index (χ4v) is 1.37. The van der Waals surface area contributed by atoms with Gasteiger partial charge >= 0.3 is 0 Å². The van der Waals surface area contributed by atoms with Crippen molar-refractivity contribution in [3.63, 3.8) is 0 Å². The first-order valence-corrected chi connectivity index (χ1v) is 4.04. The maximum absolute atomic E-state index is 5.48. The first-order valence-electron chi connectivity index (χ1n) is 4.04. The number of hydrogen-bond acceptors (Lipinski definition) is 3. The Hall–Kier alpha value is -1.71. The number of nitrogen functional groups attached to an aromatic ring is 1. The van der Waals surface area contributed by atoms with Gasteiger partial charge in [0.25, 0.3) is 0 Å². The maximum atomic E-state index is 5.48. The van der Waals surface area contributed by atoms with Crippen molar-refractivity contribution in [3.8, 4) is 11.3 Å². The zero-order valence-corrected chi connectivity index (χ0v) is 7.59. The van der Waals surface area contributed by atoms with Gasteiger partial charge in [-0.1, -0.05) is 0 Å². The number of hydrogen-bond donors (Lipinski definition) is 2. The third-order valence-electron chi connectivity index (χ3n) is 1.93. The molecule has 0 radical (unpaired) electrons. The summed E-state index contributed by atoms with van der Waals surface area (Å²) >= 11 is 0. The fourth-order valence-electron chi connectivity index (χ4n) is 1.37. The molecule has 0 aliphatic carbocycles. The minimum absolute atomic E-state index is 0.424. The summed E-state index contributed by atoms with van der Waals surface area (Å²) in [6.07, 6.45) is 1.70. The molecule has 0 aliphatic heterocycles. The Labute approximate surface area is 75.8 Å². The molecule has 2 aromatic heterocycles. The van der Waals surface area contributed by atoms with Gasteiger partial charge in [-0.3, -0.25) is 0 Å². The lowest BCUT2D eigenvalue weighted by Crippen LogP contribution is -1.85. The molecule has 4 heteroatoms. The molecule has 0 amide bonds. The highest BCUT2D eigenvalue weighted by Crippen LogP contribution is 2.24. The molecule has 0 fully saturated rings. The second-order valence-corrected chi connectivity index (χ2v) is 3.01. The molecule has 68 valence electrons. The van der Waals surface area contributed by atoms with Crippen LogP contribution in [0.5, 0.6) is 0 Å². The van der Waals surface area contributed by atoms with Crippen LogP contribution in [0, 0.1) is 13.8 Å². The third-order valence-corrected chi connectivity index (χ3v) is 1.93.